The smallest absolute Gasteiger partial charge is 0.253 e. The van der Waals surface area contributed by atoms with Gasteiger partial charge in [-0.3, -0.25) is 9.59 Å². The number of aromatic nitrogens is 1. The Kier molecular flexibility index (Phi) is 13.1. The van der Waals surface area contributed by atoms with Crippen LogP contribution in [0.25, 0.3) is 11.1 Å². The monoisotopic (exact) mass is 587 g/mol. The highest BCUT2D eigenvalue weighted by Gasteiger charge is 2.24. The average Bonchev–Trinajstić information content (AvgIpc) is 3.02. The van der Waals surface area contributed by atoms with Gasteiger partial charge >= 0.3 is 0 Å². The number of pyridine rings is 1. The van der Waals surface area contributed by atoms with Gasteiger partial charge in [0.2, 0.25) is 0 Å². The number of carbonyl (C=O) groups excluding carboxylic acids is 1. The third kappa shape index (κ3) is 9.06. The van der Waals surface area contributed by atoms with Crippen LogP contribution in [0, 0.1) is 20.8 Å². The minimum atomic E-state index is -0.148. The summed E-state index contributed by atoms with van der Waals surface area (Å²) in [4.78, 5) is 31.5. The Morgan fingerprint density at radius 2 is 1.60 bits per heavy atom. The molecule has 3 aromatic rings. The van der Waals surface area contributed by atoms with Crippen LogP contribution in [0.15, 0.2) is 47.3 Å². The van der Waals surface area contributed by atoms with Gasteiger partial charge in [-0.2, -0.15) is 0 Å². The molecule has 234 valence electrons. The lowest BCUT2D eigenvalue weighted by Crippen LogP contribution is -2.37. The number of H-pyrrole nitrogens is 1. The van der Waals surface area contributed by atoms with Crippen molar-refractivity contribution in [1.82, 2.24) is 10.3 Å². The van der Waals surface area contributed by atoms with Gasteiger partial charge in [-0.15, -0.1) is 0 Å². The highest BCUT2D eigenvalue weighted by molar-refractivity contribution is 5.99. The molecule has 1 aromatic heterocycles. The predicted molar refractivity (Wildman–Crippen MR) is 180 cm³/mol. The van der Waals surface area contributed by atoms with E-state index in [1.807, 2.05) is 39.8 Å². The maximum absolute atomic E-state index is 13.6. The van der Waals surface area contributed by atoms with Crippen molar-refractivity contribution >= 4 is 11.6 Å². The molecule has 6 heteroatoms. The minimum absolute atomic E-state index is 0.0648. The number of rotatable bonds is 10. The van der Waals surface area contributed by atoms with Gasteiger partial charge < -0.3 is 20.3 Å². The largest absolute Gasteiger partial charge is 0.393 e. The van der Waals surface area contributed by atoms with Gasteiger partial charge in [0.1, 0.15) is 0 Å². The van der Waals surface area contributed by atoms with Gasteiger partial charge in [0.15, 0.2) is 0 Å². The number of amides is 1. The molecule has 6 nitrogen and oxygen atoms in total. The Balaban J connectivity index is 0.000000765. The summed E-state index contributed by atoms with van der Waals surface area (Å²) in [5.74, 6) is -0.148. The van der Waals surface area contributed by atoms with Crippen molar-refractivity contribution in [1.29, 1.82) is 0 Å². The first-order valence-corrected chi connectivity index (χ1v) is 16.3. The molecule has 0 radical (unpaired) electrons. The van der Waals surface area contributed by atoms with Crippen molar-refractivity contribution in [3.05, 3.63) is 86.3 Å². The molecule has 1 amide bonds. The summed E-state index contributed by atoms with van der Waals surface area (Å²) in [5, 5.41) is 11.7. The SMILES string of the molecule is CCC(O)CC.CCc1ccc(-c2cc(C(=O)NCc3c(C)cc(C)[nH]c3=O)c(C)c(N(CC)C3CCCCC3)c2)cc1. The molecule has 1 aliphatic rings. The van der Waals surface area contributed by atoms with Gasteiger partial charge in [0, 0.05) is 41.6 Å². The summed E-state index contributed by atoms with van der Waals surface area (Å²) in [7, 11) is 0. The summed E-state index contributed by atoms with van der Waals surface area (Å²) in [6.45, 7) is 15.3. The molecule has 1 fully saturated rings. The topological polar surface area (TPSA) is 85.4 Å². The number of benzene rings is 2. The number of nitrogens with one attached hydrogen (secondary N) is 2. The first-order valence-electron chi connectivity index (χ1n) is 16.3. The molecule has 2 aromatic carbocycles. The molecule has 43 heavy (non-hydrogen) atoms. The number of hydrogen-bond acceptors (Lipinski definition) is 4. The molecule has 1 aliphatic carbocycles. The number of aromatic amines is 1. The fourth-order valence-electron chi connectivity index (χ4n) is 6.00. The van der Waals surface area contributed by atoms with Crippen molar-refractivity contribution in [2.45, 2.75) is 119 Å². The second-order valence-corrected chi connectivity index (χ2v) is 11.9. The molecule has 0 saturated heterocycles. The normalized spacial score (nSPS) is 13.4. The lowest BCUT2D eigenvalue weighted by molar-refractivity contribution is 0.0950. The van der Waals surface area contributed by atoms with Gasteiger partial charge in [0.05, 0.1) is 6.10 Å². The van der Waals surface area contributed by atoms with Gasteiger partial charge in [-0.1, -0.05) is 64.3 Å². The van der Waals surface area contributed by atoms with Gasteiger partial charge in [-0.05, 0) is 106 Å². The number of aryl methyl sites for hydroxylation is 3. The van der Waals surface area contributed by atoms with Crippen LogP contribution in [-0.4, -0.2) is 34.7 Å². The van der Waals surface area contributed by atoms with Crippen LogP contribution in [0.3, 0.4) is 0 Å². The van der Waals surface area contributed by atoms with E-state index in [0.717, 1.165) is 59.4 Å². The summed E-state index contributed by atoms with van der Waals surface area (Å²) < 4.78 is 0. The van der Waals surface area contributed by atoms with Crippen LogP contribution in [-0.2, 0) is 13.0 Å². The third-order valence-electron chi connectivity index (χ3n) is 8.85. The lowest BCUT2D eigenvalue weighted by Gasteiger charge is -2.37. The van der Waals surface area contributed by atoms with Crippen molar-refractivity contribution < 1.29 is 9.90 Å². The molecular weight excluding hydrogens is 534 g/mol. The number of aliphatic hydroxyl groups is 1. The van der Waals surface area contributed by atoms with E-state index in [-0.39, 0.29) is 24.1 Å². The van der Waals surface area contributed by atoms with Crippen molar-refractivity contribution in [3.63, 3.8) is 0 Å². The Morgan fingerprint density at radius 3 is 2.14 bits per heavy atom. The molecule has 4 rings (SSSR count). The first kappa shape index (κ1) is 34.1. The fourth-order valence-corrected chi connectivity index (χ4v) is 6.00. The van der Waals surface area contributed by atoms with E-state index in [2.05, 4.69) is 66.3 Å². The molecule has 0 aliphatic heterocycles. The molecular formula is C37H53N3O3. The molecule has 0 spiro atoms. The first-order chi connectivity index (χ1) is 20.6. The second kappa shape index (κ2) is 16.5. The van der Waals surface area contributed by atoms with Crippen LogP contribution >= 0.6 is 0 Å². The van der Waals surface area contributed by atoms with E-state index in [4.69, 9.17) is 5.11 Å². The van der Waals surface area contributed by atoms with E-state index in [0.29, 0.717) is 17.2 Å². The third-order valence-corrected chi connectivity index (χ3v) is 8.85. The van der Waals surface area contributed by atoms with Crippen molar-refractivity contribution in [2.75, 3.05) is 11.4 Å². The number of nitrogens with zero attached hydrogens (tertiary/aromatic N) is 1. The average molecular weight is 588 g/mol. The summed E-state index contributed by atoms with van der Waals surface area (Å²) >= 11 is 0. The number of carbonyl (C=O) groups is 1. The van der Waals surface area contributed by atoms with Gasteiger partial charge in [-0.25, -0.2) is 0 Å². The summed E-state index contributed by atoms with van der Waals surface area (Å²) in [6.07, 6.45) is 8.92. The molecule has 0 atom stereocenters. The predicted octanol–water partition coefficient (Wildman–Crippen LogP) is 7.79. The van der Waals surface area contributed by atoms with Crippen molar-refractivity contribution in [2.24, 2.45) is 0 Å². The maximum Gasteiger partial charge on any atom is 0.253 e. The number of hydrogen-bond donors (Lipinski definition) is 3. The second-order valence-electron chi connectivity index (χ2n) is 11.9. The highest BCUT2D eigenvalue weighted by Crippen LogP contribution is 2.35. The zero-order chi connectivity index (χ0) is 31.5. The van der Waals surface area contributed by atoms with Gasteiger partial charge in [0.25, 0.3) is 11.5 Å². The molecule has 3 N–H and O–H groups in total. The van der Waals surface area contributed by atoms with E-state index in [9.17, 15) is 9.59 Å². The lowest BCUT2D eigenvalue weighted by atomic mass is 9.91. The Hall–Kier alpha value is -3.38. The zero-order valence-corrected chi connectivity index (χ0v) is 27.5. The molecule has 1 saturated carbocycles. The number of anilines is 1. The van der Waals surface area contributed by atoms with Crippen LogP contribution in [0.4, 0.5) is 5.69 Å². The highest BCUT2D eigenvalue weighted by atomic mass is 16.3. The molecule has 0 bridgehead atoms. The zero-order valence-electron chi connectivity index (χ0n) is 27.5. The van der Waals surface area contributed by atoms with E-state index in [1.54, 1.807) is 0 Å². The van der Waals surface area contributed by atoms with Crippen LogP contribution < -0.4 is 15.8 Å². The van der Waals surface area contributed by atoms with E-state index >= 15 is 0 Å². The standard InChI is InChI=1S/C32H41N3O2.C5H12O/c1-6-24-13-15-25(16-14-24)26-18-28(31(36)33-20-29-21(3)17-22(4)34-32(29)37)23(5)30(19-26)35(7-2)27-11-9-8-10-12-27;1-3-5(6)4-2/h13-19,27H,6-12,20H2,1-5H3,(H,33,36)(H,34,37);5-6H,3-4H2,1-2H3. The Bertz CT molecular complexity index is 1380. The minimum Gasteiger partial charge on any atom is -0.393 e. The van der Waals surface area contributed by atoms with E-state index < -0.39 is 0 Å². The summed E-state index contributed by atoms with van der Waals surface area (Å²) in [6, 6.07) is 15.4. The Labute approximate surface area is 258 Å². The van der Waals surface area contributed by atoms with Crippen LogP contribution in [0.1, 0.15) is 111 Å². The maximum atomic E-state index is 13.6. The number of aliphatic hydroxyl groups excluding tert-OH is 1. The van der Waals surface area contributed by atoms with Crippen LogP contribution in [0.5, 0.6) is 0 Å². The quantitative estimate of drug-likeness (QED) is 0.226. The van der Waals surface area contributed by atoms with Crippen LogP contribution in [0.2, 0.25) is 0 Å². The fraction of sp³-hybridized carbons (Fsp3) is 0.514. The van der Waals surface area contributed by atoms with Crippen molar-refractivity contribution in [3.8, 4) is 11.1 Å². The van der Waals surface area contributed by atoms with E-state index in [1.165, 1.54) is 37.7 Å². The summed E-state index contributed by atoms with van der Waals surface area (Å²) in [5.41, 5.74) is 8.42. The molecule has 1 heterocycles. The Morgan fingerprint density at radius 1 is 0.953 bits per heavy atom. The molecule has 0 unspecified atom stereocenters.